The van der Waals surface area contributed by atoms with Crippen LogP contribution in [0, 0.1) is 11.6 Å². The van der Waals surface area contributed by atoms with Gasteiger partial charge >= 0.3 is 0 Å². The van der Waals surface area contributed by atoms with Crippen molar-refractivity contribution < 1.29 is 19.0 Å². The Morgan fingerprint density at radius 1 is 1.50 bits per heavy atom. The molecule has 6 heteroatoms. The Morgan fingerprint density at radius 3 is 2.57 bits per heavy atom. The molecule has 0 spiro atoms. The van der Waals surface area contributed by atoms with Gasteiger partial charge < -0.3 is 15.9 Å². The number of hydrogen-bond acceptors (Lipinski definition) is 3. The maximum atomic E-state index is 13.3. The Morgan fingerprint density at radius 2 is 2.07 bits per heavy atom. The molecule has 78 valence electrons. The molecule has 0 radical (unpaired) electrons. The summed E-state index contributed by atoms with van der Waals surface area (Å²) in [6.45, 7) is -0.261. The summed E-state index contributed by atoms with van der Waals surface area (Å²) < 4.78 is 25.7. The second-order valence-corrected chi connectivity index (χ2v) is 3.46. The standard InChI is InChI=1S/C8H8BrF2NO2/c9-7-3(10)1-4(13)6(8(7)11)5(14)2-12/h1,5,13-14H,2,12H2. The lowest BCUT2D eigenvalue weighted by molar-refractivity contribution is 0.177. The molecule has 0 heterocycles. The molecule has 0 saturated heterocycles. The predicted molar refractivity (Wildman–Crippen MR) is 49.7 cm³/mol. The van der Waals surface area contributed by atoms with E-state index in [1.807, 2.05) is 0 Å². The fourth-order valence-corrected chi connectivity index (χ4v) is 1.36. The zero-order valence-electron chi connectivity index (χ0n) is 6.97. The van der Waals surface area contributed by atoms with E-state index >= 15 is 0 Å². The van der Waals surface area contributed by atoms with Crippen molar-refractivity contribution in [3.8, 4) is 5.75 Å². The SMILES string of the molecule is NCC(O)c1c(O)cc(F)c(Br)c1F. The van der Waals surface area contributed by atoms with Crippen molar-refractivity contribution in [2.24, 2.45) is 5.73 Å². The Balaban J connectivity index is 3.36. The van der Waals surface area contributed by atoms with Gasteiger partial charge in [0, 0.05) is 12.6 Å². The number of halogens is 3. The molecule has 0 amide bonds. The first-order valence-corrected chi connectivity index (χ1v) is 4.52. The van der Waals surface area contributed by atoms with E-state index in [-0.39, 0.29) is 6.54 Å². The normalized spacial score (nSPS) is 12.9. The van der Waals surface area contributed by atoms with Gasteiger partial charge in [0.2, 0.25) is 0 Å². The van der Waals surface area contributed by atoms with Crippen molar-refractivity contribution in [2.45, 2.75) is 6.10 Å². The summed E-state index contributed by atoms with van der Waals surface area (Å²) in [4.78, 5) is 0. The monoisotopic (exact) mass is 267 g/mol. The van der Waals surface area contributed by atoms with Crippen LogP contribution in [0.3, 0.4) is 0 Å². The molecule has 0 fully saturated rings. The number of aliphatic hydroxyl groups excluding tert-OH is 1. The van der Waals surface area contributed by atoms with Crippen LogP contribution in [0.1, 0.15) is 11.7 Å². The van der Waals surface area contributed by atoms with Crippen LogP contribution in [0.25, 0.3) is 0 Å². The third-order valence-corrected chi connectivity index (χ3v) is 2.46. The van der Waals surface area contributed by atoms with Gasteiger partial charge in [0.15, 0.2) is 0 Å². The van der Waals surface area contributed by atoms with Crippen LogP contribution in [0.2, 0.25) is 0 Å². The van der Waals surface area contributed by atoms with Crippen molar-refractivity contribution in [1.29, 1.82) is 0 Å². The van der Waals surface area contributed by atoms with Gasteiger partial charge in [0.25, 0.3) is 0 Å². The highest BCUT2D eigenvalue weighted by atomic mass is 79.9. The first kappa shape index (κ1) is 11.4. The van der Waals surface area contributed by atoms with E-state index in [1.165, 1.54) is 0 Å². The van der Waals surface area contributed by atoms with Gasteiger partial charge in [-0.05, 0) is 15.9 Å². The molecule has 1 atom stereocenters. The topological polar surface area (TPSA) is 66.5 Å². The van der Waals surface area contributed by atoms with Crippen LogP contribution in [0.15, 0.2) is 10.5 Å². The Kier molecular flexibility index (Phi) is 3.41. The number of nitrogens with two attached hydrogens (primary N) is 1. The molecule has 4 N–H and O–H groups in total. The smallest absolute Gasteiger partial charge is 0.149 e. The lowest BCUT2D eigenvalue weighted by Crippen LogP contribution is -2.13. The minimum atomic E-state index is -1.35. The number of phenols is 1. The minimum absolute atomic E-state index is 0.261. The third-order valence-electron chi connectivity index (χ3n) is 1.73. The predicted octanol–water partition coefficient (Wildman–Crippen LogP) is 1.42. The molecule has 3 nitrogen and oxygen atoms in total. The van der Waals surface area contributed by atoms with Gasteiger partial charge in [-0.2, -0.15) is 0 Å². The molecule has 0 bridgehead atoms. The summed E-state index contributed by atoms with van der Waals surface area (Å²) in [6, 6.07) is 0.710. The molecule has 0 saturated carbocycles. The number of hydrogen-bond donors (Lipinski definition) is 3. The summed E-state index contributed by atoms with van der Waals surface area (Å²) in [7, 11) is 0. The van der Waals surface area contributed by atoms with Crippen LogP contribution < -0.4 is 5.73 Å². The Hall–Kier alpha value is -0.720. The summed E-state index contributed by atoms with van der Waals surface area (Å²) in [5.41, 5.74) is 4.69. The maximum absolute atomic E-state index is 13.3. The van der Waals surface area contributed by atoms with Crippen molar-refractivity contribution >= 4 is 15.9 Å². The Labute approximate surface area is 87.3 Å². The average molecular weight is 268 g/mol. The van der Waals surface area contributed by atoms with Crippen molar-refractivity contribution in [2.75, 3.05) is 6.54 Å². The fourth-order valence-electron chi connectivity index (χ4n) is 1.03. The van der Waals surface area contributed by atoms with Crippen molar-refractivity contribution in [3.05, 3.63) is 27.7 Å². The first-order valence-electron chi connectivity index (χ1n) is 3.73. The maximum Gasteiger partial charge on any atom is 0.149 e. The van der Waals surface area contributed by atoms with Crippen LogP contribution in [0.4, 0.5) is 8.78 Å². The zero-order valence-corrected chi connectivity index (χ0v) is 8.55. The highest BCUT2D eigenvalue weighted by molar-refractivity contribution is 9.10. The third kappa shape index (κ3) is 1.87. The molecule has 0 aliphatic heterocycles. The lowest BCUT2D eigenvalue weighted by atomic mass is 10.1. The van der Waals surface area contributed by atoms with E-state index in [4.69, 9.17) is 5.73 Å². The molecule has 0 aliphatic carbocycles. The molecular formula is C8H8BrF2NO2. The van der Waals surface area contributed by atoms with Crippen LogP contribution in [-0.2, 0) is 0 Å². The number of phenolic OH excluding ortho intramolecular Hbond substituents is 1. The molecule has 1 aromatic rings. The van der Waals surface area contributed by atoms with Gasteiger partial charge in [-0.1, -0.05) is 0 Å². The molecule has 0 aliphatic rings. The van der Waals surface area contributed by atoms with Gasteiger partial charge in [-0.25, -0.2) is 8.78 Å². The summed E-state index contributed by atoms with van der Waals surface area (Å²) in [5.74, 6) is -2.63. The van der Waals surface area contributed by atoms with Gasteiger partial charge in [0.1, 0.15) is 17.4 Å². The molecular weight excluding hydrogens is 260 g/mol. The number of aromatic hydroxyl groups is 1. The van der Waals surface area contributed by atoms with Gasteiger partial charge in [0.05, 0.1) is 16.1 Å². The van der Waals surface area contributed by atoms with E-state index in [0.717, 1.165) is 0 Å². The quantitative estimate of drug-likeness (QED) is 0.711. The first-order chi connectivity index (χ1) is 6.49. The van der Waals surface area contributed by atoms with Crippen molar-refractivity contribution in [3.63, 3.8) is 0 Å². The molecule has 0 aromatic heterocycles. The molecule has 1 rings (SSSR count). The van der Waals surface area contributed by atoms with E-state index in [1.54, 1.807) is 0 Å². The number of benzene rings is 1. The van der Waals surface area contributed by atoms with Gasteiger partial charge in [-0.3, -0.25) is 0 Å². The molecule has 1 unspecified atom stereocenters. The Bertz CT molecular complexity index is 360. The fraction of sp³-hybridized carbons (Fsp3) is 0.250. The van der Waals surface area contributed by atoms with E-state index < -0.39 is 33.5 Å². The minimum Gasteiger partial charge on any atom is -0.507 e. The lowest BCUT2D eigenvalue weighted by Gasteiger charge is -2.12. The second kappa shape index (κ2) is 4.20. The molecule has 14 heavy (non-hydrogen) atoms. The number of aliphatic hydroxyl groups is 1. The highest BCUT2D eigenvalue weighted by Gasteiger charge is 2.21. The van der Waals surface area contributed by atoms with Crippen molar-refractivity contribution in [1.82, 2.24) is 0 Å². The summed E-state index contributed by atoms with van der Waals surface area (Å²) in [6.07, 6.45) is -1.35. The van der Waals surface area contributed by atoms with Gasteiger partial charge in [-0.15, -0.1) is 0 Å². The summed E-state index contributed by atoms with van der Waals surface area (Å²) >= 11 is 2.65. The van der Waals surface area contributed by atoms with E-state index in [9.17, 15) is 19.0 Å². The largest absolute Gasteiger partial charge is 0.507 e. The summed E-state index contributed by atoms with van der Waals surface area (Å²) in [5, 5.41) is 18.4. The average Bonchev–Trinajstić information content (AvgIpc) is 2.14. The highest BCUT2D eigenvalue weighted by Crippen LogP contribution is 2.33. The second-order valence-electron chi connectivity index (χ2n) is 2.67. The van der Waals surface area contributed by atoms with Crippen LogP contribution >= 0.6 is 15.9 Å². The van der Waals surface area contributed by atoms with Crippen LogP contribution in [-0.4, -0.2) is 16.8 Å². The van der Waals surface area contributed by atoms with Crippen LogP contribution in [0.5, 0.6) is 5.75 Å². The molecule has 1 aromatic carbocycles. The number of rotatable bonds is 2. The zero-order chi connectivity index (χ0) is 10.9. The van der Waals surface area contributed by atoms with E-state index in [0.29, 0.717) is 6.07 Å². The van der Waals surface area contributed by atoms with E-state index in [2.05, 4.69) is 15.9 Å².